The first kappa shape index (κ1) is 19.1. The molecule has 2 N–H and O–H groups in total. The maximum absolute atomic E-state index is 13.3. The van der Waals surface area contributed by atoms with Crippen LogP contribution in [0.15, 0.2) is 54.7 Å². The molecule has 1 heterocycles. The third-order valence-electron chi connectivity index (χ3n) is 3.86. The lowest BCUT2D eigenvalue weighted by Gasteiger charge is -2.12. The summed E-state index contributed by atoms with van der Waals surface area (Å²) in [5, 5.41) is 5.60. The Morgan fingerprint density at radius 1 is 0.929 bits per heavy atom. The van der Waals surface area contributed by atoms with Crippen molar-refractivity contribution in [2.45, 2.75) is 0 Å². The van der Waals surface area contributed by atoms with E-state index in [0.717, 1.165) is 12.1 Å². The molecule has 0 atom stereocenters. The molecule has 0 radical (unpaired) electrons. The molecule has 0 unspecified atom stereocenters. The topological polar surface area (TPSA) is 72.5 Å². The Bertz CT molecular complexity index is 994. The van der Waals surface area contributed by atoms with Gasteiger partial charge in [-0.15, -0.1) is 0 Å². The summed E-state index contributed by atoms with van der Waals surface area (Å²) in [5.41, 5.74) is 1.53. The van der Waals surface area contributed by atoms with Gasteiger partial charge in [-0.1, -0.05) is 0 Å². The first-order valence-corrected chi connectivity index (χ1v) is 8.21. The number of rotatable bonds is 6. The number of aromatic nitrogens is 1. The smallest absolute Gasteiger partial charge is 0.274 e. The zero-order valence-electron chi connectivity index (χ0n) is 15.1. The molecule has 0 aliphatic rings. The zero-order chi connectivity index (χ0) is 20.1. The molecule has 0 fully saturated rings. The predicted octanol–water partition coefficient (Wildman–Crippen LogP) is 4.37. The Balaban J connectivity index is 1.70. The van der Waals surface area contributed by atoms with Crippen LogP contribution >= 0.6 is 0 Å². The third kappa shape index (κ3) is 4.35. The molecule has 0 bridgehead atoms. The summed E-state index contributed by atoms with van der Waals surface area (Å²) >= 11 is 0. The van der Waals surface area contributed by atoms with Gasteiger partial charge < -0.3 is 20.1 Å². The SMILES string of the molecule is COc1ccc(NC(=O)c2ccc(Nc3ccc(F)c(F)c3)cn2)c(OC)c1. The summed E-state index contributed by atoms with van der Waals surface area (Å²) in [7, 11) is 3.02. The fourth-order valence-corrected chi connectivity index (χ4v) is 2.43. The number of halogens is 2. The Kier molecular flexibility index (Phi) is 5.69. The predicted molar refractivity (Wildman–Crippen MR) is 101 cm³/mol. The number of methoxy groups -OCH3 is 2. The number of anilines is 3. The molecular formula is C20H17F2N3O3. The Morgan fingerprint density at radius 2 is 1.71 bits per heavy atom. The van der Waals surface area contributed by atoms with Crippen LogP contribution in [0.3, 0.4) is 0 Å². The van der Waals surface area contributed by atoms with E-state index in [4.69, 9.17) is 9.47 Å². The van der Waals surface area contributed by atoms with Crippen LogP contribution in [0, 0.1) is 11.6 Å². The lowest BCUT2D eigenvalue weighted by Crippen LogP contribution is -2.14. The van der Waals surface area contributed by atoms with E-state index in [1.807, 2.05) is 0 Å². The van der Waals surface area contributed by atoms with E-state index in [-0.39, 0.29) is 5.69 Å². The van der Waals surface area contributed by atoms with Crippen LogP contribution in [0.2, 0.25) is 0 Å². The molecule has 3 aromatic rings. The molecule has 0 aliphatic carbocycles. The number of carbonyl (C=O) groups excluding carboxylic acids is 1. The number of hydrogen-bond donors (Lipinski definition) is 2. The number of hydrogen-bond acceptors (Lipinski definition) is 5. The molecular weight excluding hydrogens is 368 g/mol. The quantitative estimate of drug-likeness (QED) is 0.659. The molecule has 2 aromatic carbocycles. The maximum Gasteiger partial charge on any atom is 0.274 e. The van der Waals surface area contributed by atoms with E-state index in [0.29, 0.717) is 28.6 Å². The van der Waals surface area contributed by atoms with Crippen molar-refractivity contribution >= 4 is 23.0 Å². The number of nitrogens with one attached hydrogen (secondary N) is 2. The number of carbonyl (C=O) groups is 1. The first-order chi connectivity index (χ1) is 13.5. The molecule has 0 saturated carbocycles. The monoisotopic (exact) mass is 385 g/mol. The lowest BCUT2D eigenvalue weighted by molar-refractivity contribution is 0.102. The van der Waals surface area contributed by atoms with Crippen LogP contribution in [0.25, 0.3) is 0 Å². The van der Waals surface area contributed by atoms with E-state index in [1.54, 1.807) is 24.3 Å². The molecule has 1 amide bonds. The van der Waals surface area contributed by atoms with Crippen molar-refractivity contribution in [3.05, 3.63) is 72.1 Å². The van der Waals surface area contributed by atoms with E-state index in [2.05, 4.69) is 15.6 Å². The first-order valence-electron chi connectivity index (χ1n) is 8.21. The molecule has 0 aliphatic heterocycles. The highest BCUT2D eigenvalue weighted by Crippen LogP contribution is 2.29. The lowest BCUT2D eigenvalue weighted by atomic mass is 10.2. The third-order valence-corrected chi connectivity index (χ3v) is 3.86. The standard InChI is InChI=1S/C20H17F2N3O3/c1-27-14-5-8-17(19(10-14)28-2)25-20(26)18-7-4-13(11-23-18)24-12-3-6-15(21)16(22)9-12/h3-11,24H,1-2H3,(H,25,26). The van der Waals surface area contributed by atoms with Gasteiger partial charge in [-0.05, 0) is 36.4 Å². The van der Waals surface area contributed by atoms with Gasteiger partial charge in [0.15, 0.2) is 11.6 Å². The molecule has 0 saturated heterocycles. The maximum atomic E-state index is 13.3. The van der Waals surface area contributed by atoms with Crippen molar-refractivity contribution < 1.29 is 23.0 Å². The molecule has 1 aromatic heterocycles. The van der Waals surface area contributed by atoms with Gasteiger partial charge in [0, 0.05) is 17.8 Å². The number of nitrogens with zero attached hydrogens (tertiary/aromatic N) is 1. The Morgan fingerprint density at radius 3 is 2.36 bits per heavy atom. The van der Waals surface area contributed by atoms with Gasteiger partial charge in [0.2, 0.25) is 0 Å². The second-order valence-electron chi connectivity index (χ2n) is 5.71. The van der Waals surface area contributed by atoms with Crippen LogP contribution in [-0.2, 0) is 0 Å². The highest BCUT2D eigenvalue weighted by atomic mass is 19.2. The van der Waals surface area contributed by atoms with Gasteiger partial charge in [0.05, 0.1) is 31.8 Å². The fourth-order valence-electron chi connectivity index (χ4n) is 2.43. The van der Waals surface area contributed by atoms with Gasteiger partial charge in [-0.3, -0.25) is 4.79 Å². The minimum Gasteiger partial charge on any atom is -0.497 e. The van der Waals surface area contributed by atoms with E-state index in [9.17, 15) is 13.6 Å². The summed E-state index contributed by atoms with van der Waals surface area (Å²) in [6, 6.07) is 11.6. The van der Waals surface area contributed by atoms with E-state index >= 15 is 0 Å². The second kappa shape index (κ2) is 8.34. The van der Waals surface area contributed by atoms with Crippen molar-refractivity contribution in [1.82, 2.24) is 4.98 Å². The van der Waals surface area contributed by atoms with Gasteiger partial charge in [-0.25, -0.2) is 13.8 Å². The van der Waals surface area contributed by atoms with Crippen molar-refractivity contribution in [1.29, 1.82) is 0 Å². The molecule has 144 valence electrons. The summed E-state index contributed by atoms with van der Waals surface area (Å²) in [4.78, 5) is 16.5. The van der Waals surface area contributed by atoms with Gasteiger partial charge in [0.25, 0.3) is 5.91 Å². The van der Waals surface area contributed by atoms with Crippen molar-refractivity contribution in [2.24, 2.45) is 0 Å². The van der Waals surface area contributed by atoms with Crippen LogP contribution in [0.1, 0.15) is 10.5 Å². The summed E-state index contributed by atoms with van der Waals surface area (Å²) in [6.07, 6.45) is 1.42. The molecule has 28 heavy (non-hydrogen) atoms. The number of ether oxygens (including phenoxy) is 2. The van der Waals surface area contributed by atoms with Crippen molar-refractivity contribution in [2.75, 3.05) is 24.9 Å². The average molecular weight is 385 g/mol. The Labute approximate surface area is 160 Å². The Hall–Kier alpha value is -3.68. The highest BCUT2D eigenvalue weighted by molar-refractivity contribution is 6.03. The minimum atomic E-state index is -0.956. The van der Waals surface area contributed by atoms with Crippen LogP contribution in [-0.4, -0.2) is 25.1 Å². The van der Waals surface area contributed by atoms with Crippen molar-refractivity contribution in [3.8, 4) is 11.5 Å². The number of benzene rings is 2. The highest BCUT2D eigenvalue weighted by Gasteiger charge is 2.12. The summed E-state index contributed by atoms with van der Waals surface area (Å²) in [6.45, 7) is 0. The van der Waals surface area contributed by atoms with E-state index in [1.165, 1.54) is 32.5 Å². The van der Waals surface area contributed by atoms with Crippen LogP contribution in [0.4, 0.5) is 25.8 Å². The fraction of sp³-hybridized carbons (Fsp3) is 0.100. The summed E-state index contributed by atoms with van der Waals surface area (Å²) < 4.78 is 36.6. The second-order valence-corrected chi connectivity index (χ2v) is 5.71. The average Bonchev–Trinajstić information content (AvgIpc) is 2.71. The largest absolute Gasteiger partial charge is 0.497 e. The van der Waals surface area contributed by atoms with E-state index < -0.39 is 17.5 Å². The zero-order valence-corrected chi connectivity index (χ0v) is 15.1. The van der Waals surface area contributed by atoms with Gasteiger partial charge >= 0.3 is 0 Å². The number of amides is 1. The van der Waals surface area contributed by atoms with Crippen LogP contribution in [0.5, 0.6) is 11.5 Å². The molecule has 8 heteroatoms. The number of pyridine rings is 1. The molecule has 6 nitrogen and oxygen atoms in total. The van der Waals surface area contributed by atoms with Gasteiger partial charge in [0.1, 0.15) is 17.2 Å². The van der Waals surface area contributed by atoms with Crippen LogP contribution < -0.4 is 20.1 Å². The van der Waals surface area contributed by atoms with Crippen molar-refractivity contribution in [3.63, 3.8) is 0 Å². The minimum absolute atomic E-state index is 0.175. The summed E-state index contributed by atoms with van der Waals surface area (Å²) in [5.74, 6) is -1.26. The molecule has 0 spiro atoms. The molecule has 3 rings (SSSR count). The normalized spacial score (nSPS) is 10.3. The van der Waals surface area contributed by atoms with Gasteiger partial charge in [-0.2, -0.15) is 0 Å².